The summed E-state index contributed by atoms with van der Waals surface area (Å²) in [6, 6.07) is 4.38. The van der Waals surface area contributed by atoms with Crippen LogP contribution in [0.3, 0.4) is 0 Å². The first kappa shape index (κ1) is 15.5. The van der Waals surface area contributed by atoms with E-state index in [0.717, 1.165) is 18.2 Å². The van der Waals surface area contributed by atoms with Crippen molar-refractivity contribution in [3.8, 4) is 0 Å². The molecule has 1 rings (SSSR count). The minimum Gasteiger partial charge on any atom is -0.371 e. The monoisotopic (exact) mass is 256 g/mol. The van der Waals surface area contributed by atoms with Gasteiger partial charge >= 0.3 is 0 Å². The van der Waals surface area contributed by atoms with E-state index in [1.54, 1.807) is 0 Å². The summed E-state index contributed by atoms with van der Waals surface area (Å²) in [6.45, 7) is 0. The zero-order valence-corrected chi connectivity index (χ0v) is 11.1. The van der Waals surface area contributed by atoms with Gasteiger partial charge in [-0.15, -0.1) is 0 Å². The molecule has 0 spiro atoms. The number of nitro groups is 1. The third kappa shape index (κ3) is 3.81. The van der Waals surface area contributed by atoms with Gasteiger partial charge in [-0.3, -0.25) is 14.7 Å². The van der Waals surface area contributed by atoms with Gasteiger partial charge in [-0.1, -0.05) is 12.1 Å². The fourth-order valence-corrected chi connectivity index (χ4v) is 1.45. The number of hydrogen-bond donors (Lipinski definition) is 2. The fraction of sp³-hybridized carbons (Fsp3) is 0.143. The molecule has 0 heterocycles. The minimum absolute atomic E-state index is 0. The van der Waals surface area contributed by atoms with Gasteiger partial charge in [-0.25, -0.2) is 0 Å². The van der Waals surface area contributed by atoms with Crippen molar-refractivity contribution in [3.05, 3.63) is 39.9 Å². The molecule has 1 unspecified atom stereocenters. The second kappa shape index (κ2) is 5.71. The van der Waals surface area contributed by atoms with Crippen molar-refractivity contribution in [1.82, 2.24) is 0 Å². The van der Waals surface area contributed by atoms with Crippen LogP contribution in [-0.4, -0.2) is 52.6 Å². The van der Waals surface area contributed by atoms with E-state index in [9.17, 15) is 18.5 Å². The van der Waals surface area contributed by atoms with Gasteiger partial charge in [0.15, 0.2) is 0 Å². The van der Waals surface area contributed by atoms with Crippen LogP contribution < -0.4 is 0 Å². The minimum atomic E-state index is -4.67. The topological polar surface area (TPSA) is 118 Å². The fourth-order valence-electron chi connectivity index (χ4n) is 0.964. The molecule has 83 valence electrons. The molecule has 1 aromatic carbocycles. The molecule has 1 atom stereocenters. The Hall–Kier alpha value is -0.510. The summed E-state index contributed by atoms with van der Waals surface area (Å²) in [7, 11) is -4.67. The predicted octanol–water partition coefficient (Wildman–Crippen LogP) is 0.0927. The summed E-state index contributed by atoms with van der Waals surface area (Å²) in [4.78, 5) is 9.60. The normalized spacial score (nSPS) is 12.6. The van der Waals surface area contributed by atoms with Crippen LogP contribution in [0, 0.1) is 10.1 Å². The van der Waals surface area contributed by atoms with E-state index in [1.165, 1.54) is 6.07 Å². The average Bonchev–Trinajstić information content (AvgIpc) is 2.15. The summed E-state index contributed by atoms with van der Waals surface area (Å²) < 4.78 is 29.6. The molecule has 0 aliphatic rings. The van der Waals surface area contributed by atoms with E-state index in [-0.39, 0.29) is 40.8 Å². The van der Waals surface area contributed by atoms with Gasteiger partial charge in [-0.05, 0) is 0 Å². The quantitative estimate of drug-likeness (QED) is 0.342. The second-order valence-electron chi connectivity index (χ2n) is 2.72. The summed E-state index contributed by atoms with van der Waals surface area (Å²) in [6.07, 6.45) is 0. The van der Waals surface area contributed by atoms with Gasteiger partial charge in [0.25, 0.3) is 15.8 Å². The van der Waals surface area contributed by atoms with Crippen LogP contribution in [0.4, 0.5) is 5.69 Å². The van der Waals surface area contributed by atoms with Gasteiger partial charge in [0, 0.05) is 47.3 Å². The molecule has 0 fully saturated rings. The Morgan fingerprint density at radius 1 is 1.38 bits per heavy atom. The van der Waals surface area contributed by atoms with E-state index in [2.05, 4.69) is 0 Å². The molecule has 0 aromatic heterocycles. The molecule has 7 nitrogen and oxygen atoms in total. The predicted molar refractivity (Wildman–Crippen MR) is 55.4 cm³/mol. The van der Waals surface area contributed by atoms with E-state index in [1.807, 2.05) is 0 Å². The number of non-ortho nitro benzene ring substituents is 1. The van der Waals surface area contributed by atoms with Crippen LogP contribution in [0.1, 0.15) is 11.0 Å². The number of aliphatic hydroxyl groups excluding tert-OH is 1. The first-order valence-electron chi connectivity index (χ1n) is 3.71. The molecular formula is C7H7NNaO6S. The first-order valence-corrected chi connectivity index (χ1v) is 5.21. The van der Waals surface area contributed by atoms with E-state index < -0.39 is 20.5 Å². The zero-order valence-electron chi connectivity index (χ0n) is 8.27. The van der Waals surface area contributed by atoms with Gasteiger partial charge in [0.05, 0.1) is 4.92 Å². The third-order valence-electron chi connectivity index (χ3n) is 1.65. The average molecular weight is 256 g/mol. The molecule has 0 aliphatic carbocycles. The molecule has 1 radical (unpaired) electrons. The van der Waals surface area contributed by atoms with Crippen LogP contribution in [-0.2, 0) is 10.1 Å². The Morgan fingerprint density at radius 2 is 1.94 bits per heavy atom. The van der Waals surface area contributed by atoms with Gasteiger partial charge in [0.2, 0.25) is 5.44 Å². The van der Waals surface area contributed by atoms with Crippen LogP contribution in [0.25, 0.3) is 0 Å². The van der Waals surface area contributed by atoms with Crippen molar-refractivity contribution >= 4 is 45.4 Å². The number of rotatable bonds is 3. The van der Waals surface area contributed by atoms with Gasteiger partial charge < -0.3 is 5.11 Å². The maximum atomic E-state index is 10.5. The Kier molecular flexibility index (Phi) is 5.53. The molecule has 0 saturated carbocycles. The third-order valence-corrected chi connectivity index (χ3v) is 2.48. The van der Waals surface area contributed by atoms with Crippen molar-refractivity contribution in [1.29, 1.82) is 0 Å². The molecular weight excluding hydrogens is 249 g/mol. The van der Waals surface area contributed by atoms with Crippen LogP contribution in [0.5, 0.6) is 0 Å². The van der Waals surface area contributed by atoms with Gasteiger partial charge in [0.1, 0.15) is 0 Å². The van der Waals surface area contributed by atoms with E-state index in [4.69, 9.17) is 9.66 Å². The largest absolute Gasteiger partial charge is 0.371 e. The molecule has 0 saturated heterocycles. The van der Waals surface area contributed by atoms with Crippen molar-refractivity contribution in [3.63, 3.8) is 0 Å². The van der Waals surface area contributed by atoms with Gasteiger partial charge in [-0.2, -0.15) is 8.42 Å². The van der Waals surface area contributed by atoms with Crippen LogP contribution in [0.15, 0.2) is 24.3 Å². The van der Waals surface area contributed by atoms with E-state index >= 15 is 0 Å². The molecule has 2 N–H and O–H groups in total. The van der Waals surface area contributed by atoms with Crippen molar-refractivity contribution in [2.75, 3.05) is 0 Å². The molecule has 0 aliphatic heterocycles. The van der Waals surface area contributed by atoms with Crippen LogP contribution in [0.2, 0.25) is 0 Å². The van der Waals surface area contributed by atoms with Crippen molar-refractivity contribution in [2.24, 2.45) is 0 Å². The number of hydrogen-bond acceptors (Lipinski definition) is 5. The molecule has 9 heteroatoms. The Morgan fingerprint density at radius 3 is 2.38 bits per heavy atom. The molecule has 0 bridgehead atoms. The standard InChI is InChI=1S/C7H7NO6S.Na/c9-7(15(12,13)14)5-2-1-3-6(4-5)8(10)11;/h1-4,7,9H,(H,12,13,14);. The van der Waals surface area contributed by atoms with Crippen molar-refractivity contribution < 1.29 is 23.0 Å². The zero-order chi connectivity index (χ0) is 11.6. The number of nitrogens with zero attached hydrogens (tertiary/aromatic N) is 1. The molecule has 16 heavy (non-hydrogen) atoms. The summed E-state index contributed by atoms with van der Waals surface area (Å²) in [5.74, 6) is 0. The number of benzene rings is 1. The summed E-state index contributed by atoms with van der Waals surface area (Å²) in [5.41, 5.74) is -2.79. The van der Waals surface area contributed by atoms with E-state index in [0.29, 0.717) is 0 Å². The van der Waals surface area contributed by atoms with Crippen molar-refractivity contribution in [2.45, 2.75) is 5.44 Å². The Bertz CT molecular complexity index is 487. The molecule has 1 aromatic rings. The summed E-state index contributed by atoms with van der Waals surface area (Å²) in [5, 5.41) is 19.4. The molecule has 0 amide bonds. The maximum absolute atomic E-state index is 10.5. The smallest absolute Gasteiger partial charge is 0.296 e. The SMILES string of the molecule is O=[N+]([O-])c1cccc(C(O)S(=O)(=O)O)c1.[Na]. The van der Waals surface area contributed by atoms with Crippen LogP contribution >= 0.6 is 0 Å². The summed E-state index contributed by atoms with van der Waals surface area (Å²) >= 11 is 0. The number of nitro benzene ring substituents is 1. The Balaban J connectivity index is 0.00000225. The Labute approximate surface area is 113 Å². The first-order chi connectivity index (χ1) is 6.82. The second-order valence-corrected chi connectivity index (χ2v) is 4.20. The number of aliphatic hydroxyl groups is 1. The maximum Gasteiger partial charge on any atom is 0.296 e.